The Morgan fingerprint density at radius 2 is 2.22 bits per heavy atom. The van der Waals surface area contributed by atoms with Crippen LogP contribution < -0.4 is 10.2 Å². The van der Waals surface area contributed by atoms with E-state index in [0.29, 0.717) is 12.6 Å². The summed E-state index contributed by atoms with van der Waals surface area (Å²) in [6.45, 7) is 3.76. The van der Waals surface area contributed by atoms with Crippen LogP contribution in [0, 0.1) is 6.92 Å². The van der Waals surface area contributed by atoms with Crippen LogP contribution in [0.4, 0.5) is 5.82 Å². The molecule has 0 aromatic carbocycles. The van der Waals surface area contributed by atoms with Gasteiger partial charge in [-0.25, -0.2) is 0 Å². The van der Waals surface area contributed by atoms with Gasteiger partial charge >= 0.3 is 0 Å². The molecule has 1 fully saturated rings. The second-order valence-corrected chi connectivity index (χ2v) is 5.04. The zero-order chi connectivity index (χ0) is 13.1. The van der Waals surface area contributed by atoms with E-state index in [1.54, 1.807) is 0 Å². The summed E-state index contributed by atoms with van der Waals surface area (Å²) < 4.78 is 1.95. The van der Waals surface area contributed by atoms with Crippen molar-refractivity contribution in [2.24, 2.45) is 7.05 Å². The highest BCUT2D eigenvalue weighted by atomic mass is 16.3. The Balaban J connectivity index is 2.32. The standard InChI is InChI=1S/C13H24N4O/c1-10-12(9-14-2)13(16(3)15-10)17(7-8-18)11-5-4-6-11/h11,14,18H,4-9H2,1-3H3. The molecule has 0 radical (unpaired) electrons. The molecule has 1 aromatic rings. The zero-order valence-electron chi connectivity index (χ0n) is 11.6. The minimum Gasteiger partial charge on any atom is -0.395 e. The summed E-state index contributed by atoms with van der Waals surface area (Å²) in [5.74, 6) is 1.17. The minimum atomic E-state index is 0.194. The van der Waals surface area contributed by atoms with E-state index in [9.17, 15) is 5.11 Å². The van der Waals surface area contributed by atoms with E-state index in [1.165, 1.54) is 30.6 Å². The lowest BCUT2D eigenvalue weighted by Gasteiger charge is -2.39. The molecule has 1 heterocycles. The molecule has 5 nitrogen and oxygen atoms in total. The molecule has 2 N–H and O–H groups in total. The summed E-state index contributed by atoms with van der Waals surface area (Å²) in [6.07, 6.45) is 3.75. The molecule has 0 amide bonds. The number of aryl methyl sites for hydroxylation is 2. The highest BCUT2D eigenvalue weighted by molar-refractivity contribution is 5.51. The van der Waals surface area contributed by atoms with Gasteiger partial charge in [0, 0.05) is 31.7 Å². The van der Waals surface area contributed by atoms with Gasteiger partial charge in [0.15, 0.2) is 0 Å². The highest BCUT2D eigenvalue weighted by Crippen LogP contribution is 2.32. The van der Waals surface area contributed by atoms with E-state index < -0.39 is 0 Å². The highest BCUT2D eigenvalue weighted by Gasteiger charge is 2.29. The average molecular weight is 252 g/mol. The molecule has 1 aliphatic carbocycles. The Kier molecular flexibility index (Phi) is 4.24. The Bertz CT molecular complexity index is 398. The van der Waals surface area contributed by atoms with Crippen molar-refractivity contribution >= 4 is 5.82 Å². The van der Waals surface area contributed by atoms with E-state index in [0.717, 1.165) is 12.2 Å². The fourth-order valence-electron chi connectivity index (χ4n) is 2.70. The summed E-state index contributed by atoms with van der Waals surface area (Å²) >= 11 is 0. The van der Waals surface area contributed by atoms with Gasteiger partial charge in [0.25, 0.3) is 0 Å². The van der Waals surface area contributed by atoms with Crippen molar-refractivity contribution in [3.63, 3.8) is 0 Å². The second-order valence-electron chi connectivity index (χ2n) is 5.04. The molecule has 0 spiro atoms. The summed E-state index contributed by atoms with van der Waals surface area (Å²) in [5, 5.41) is 17.0. The average Bonchev–Trinajstić information content (AvgIpc) is 2.51. The molecule has 1 saturated carbocycles. The van der Waals surface area contributed by atoms with Crippen molar-refractivity contribution in [3.8, 4) is 0 Å². The normalized spacial score (nSPS) is 15.8. The number of anilines is 1. The first-order chi connectivity index (χ1) is 8.69. The number of aliphatic hydroxyl groups excluding tert-OH is 1. The molecule has 102 valence electrons. The summed E-state index contributed by atoms with van der Waals surface area (Å²) in [5.41, 5.74) is 2.32. The van der Waals surface area contributed by atoms with Crippen molar-refractivity contribution in [1.29, 1.82) is 0 Å². The van der Waals surface area contributed by atoms with Crippen LogP contribution in [0.15, 0.2) is 0 Å². The number of nitrogens with one attached hydrogen (secondary N) is 1. The van der Waals surface area contributed by atoms with Crippen molar-refractivity contribution < 1.29 is 5.11 Å². The number of rotatable bonds is 6. The van der Waals surface area contributed by atoms with Gasteiger partial charge in [0.05, 0.1) is 12.3 Å². The van der Waals surface area contributed by atoms with Gasteiger partial charge in [-0.2, -0.15) is 5.10 Å². The first-order valence-corrected chi connectivity index (χ1v) is 6.73. The van der Waals surface area contributed by atoms with Gasteiger partial charge in [-0.1, -0.05) is 0 Å². The lowest BCUT2D eigenvalue weighted by atomic mass is 9.91. The predicted octanol–water partition coefficient (Wildman–Crippen LogP) is 0.799. The van der Waals surface area contributed by atoms with Gasteiger partial charge in [-0.3, -0.25) is 4.68 Å². The SMILES string of the molecule is CNCc1c(C)nn(C)c1N(CCO)C1CCC1. The topological polar surface area (TPSA) is 53.3 Å². The number of hydrogen-bond donors (Lipinski definition) is 2. The molecule has 0 aliphatic heterocycles. The van der Waals surface area contributed by atoms with E-state index in [-0.39, 0.29) is 6.61 Å². The Morgan fingerprint density at radius 3 is 2.72 bits per heavy atom. The smallest absolute Gasteiger partial charge is 0.131 e. The summed E-state index contributed by atoms with van der Waals surface area (Å²) in [7, 11) is 3.94. The lowest BCUT2D eigenvalue weighted by Crippen LogP contribution is -2.43. The summed E-state index contributed by atoms with van der Waals surface area (Å²) in [4.78, 5) is 2.33. The van der Waals surface area contributed by atoms with Crippen LogP contribution in [0.5, 0.6) is 0 Å². The quantitative estimate of drug-likeness (QED) is 0.786. The van der Waals surface area contributed by atoms with Crippen molar-refractivity contribution in [1.82, 2.24) is 15.1 Å². The number of hydrogen-bond acceptors (Lipinski definition) is 4. The van der Waals surface area contributed by atoms with E-state index >= 15 is 0 Å². The number of nitrogens with zero attached hydrogens (tertiary/aromatic N) is 3. The molecule has 2 rings (SSSR count). The maximum atomic E-state index is 9.30. The minimum absolute atomic E-state index is 0.194. The Morgan fingerprint density at radius 1 is 1.50 bits per heavy atom. The Labute approximate surface area is 109 Å². The van der Waals surface area contributed by atoms with E-state index in [2.05, 4.69) is 15.3 Å². The molecule has 0 bridgehead atoms. The maximum absolute atomic E-state index is 9.30. The predicted molar refractivity (Wildman–Crippen MR) is 72.8 cm³/mol. The molecular formula is C13H24N4O. The van der Waals surface area contributed by atoms with Crippen LogP contribution in [0.3, 0.4) is 0 Å². The van der Waals surface area contributed by atoms with Gasteiger partial charge in [0.1, 0.15) is 5.82 Å². The van der Waals surface area contributed by atoms with E-state index in [4.69, 9.17) is 0 Å². The van der Waals surface area contributed by atoms with Gasteiger partial charge in [-0.15, -0.1) is 0 Å². The maximum Gasteiger partial charge on any atom is 0.131 e. The zero-order valence-corrected chi connectivity index (χ0v) is 11.6. The van der Waals surface area contributed by atoms with Crippen molar-refractivity contribution in [3.05, 3.63) is 11.3 Å². The molecule has 5 heteroatoms. The molecule has 1 aliphatic rings. The number of aromatic nitrogens is 2. The third kappa shape index (κ3) is 2.37. The Hall–Kier alpha value is -1.07. The monoisotopic (exact) mass is 252 g/mol. The second kappa shape index (κ2) is 5.71. The van der Waals surface area contributed by atoms with Crippen LogP contribution in [-0.4, -0.2) is 41.1 Å². The molecule has 1 aromatic heterocycles. The largest absolute Gasteiger partial charge is 0.395 e. The van der Waals surface area contributed by atoms with Crippen LogP contribution >= 0.6 is 0 Å². The van der Waals surface area contributed by atoms with Gasteiger partial charge in [0.2, 0.25) is 0 Å². The summed E-state index contributed by atoms with van der Waals surface area (Å²) in [6, 6.07) is 0.572. The fourth-order valence-corrected chi connectivity index (χ4v) is 2.70. The van der Waals surface area contributed by atoms with Crippen LogP contribution in [0.25, 0.3) is 0 Å². The third-order valence-corrected chi connectivity index (χ3v) is 3.80. The van der Waals surface area contributed by atoms with Gasteiger partial charge in [-0.05, 0) is 33.2 Å². The molecule has 18 heavy (non-hydrogen) atoms. The van der Waals surface area contributed by atoms with Crippen LogP contribution in [0.1, 0.15) is 30.5 Å². The van der Waals surface area contributed by atoms with Crippen molar-refractivity contribution in [2.75, 3.05) is 25.1 Å². The van der Waals surface area contributed by atoms with Crippen LogP contribution in [0.2, 0.25) is 0 Å². The van der Waals surface area contributed by atoms with Crippen molar-refractivity contribution in [2.45, 2.75) is 38.8 Å². The fraction of sp³-hybridized carbons (Fsp3) is 0.769. The molecule has 0 unspecified atom stereocenters. The number of aliphatic hydroxyl groups is 1. The lowest BCUT2D eigenvalue weighted by molar-refractivity contribution is 0.281. The molecular weight excluding hydrogens is 228 g/mol. The van der Waals surface area contributed by atoms with Gasteiger partial charge < -0.3 is 15.3 Å². The third-order valence-electron chi connectivity index (χ3n) is 3.80. The molecule has 0 atom stereocenters. The van der Waals surface area contributed by atoms with Crippen LogP contribution in [-0.2, 0) is 13.6 Å². The molecule has 0 saturated heterocycles. The van der Waals surface area contributed by atoms with E-state index in [1.807, 2.05) is 25.7 Å². The first kappa shape index (κ1) is 13.4. The first-order valence-electron chi connectivity index (χ1n) is 6.73.